The summed E-state index contributed by atoms with van der Waals surface area (Å²) in [5.74, 6) is 0.325. The van der Waals surface area contributed by atoms with Crippen LogP contribution < -0.4 is 5.73 Å². The Bertz CT molecular complexity index is 238. The van der Waals surface area contributed by atoms with Gasteiger partial charge in [-0.2, -0.15) is 0 Å². The van der Waals surface area contributed by atoms with Crippen LogP contribution in [0, 0.1) is 5.41 Å². The number of amidine groups is 1. The SMILES string of the molecule is CC(CC(N)=NO)N1CCCC(C)(C)C1. The highest BCUT2D eigenvalue weighted by atomic mass is 16.4. The van der Waals surface area contributed by atoms with Gasteiger partial charge in [0.25, 0.3) is 0 Å². The van der Waals surface area contributed by atoms with Crippen molar-refractivity contribution in [2.75, 3.05) is 13.1 Å². The number of nitrogens with two attached hydrogens (primary N) is 1. The Kier molecular flexibility index (Phi) is 3.97. The number of likely N-dealkylation sites (tertiary alicyclic amines) is 1. The normalized spacial score (nSPS) is 25.1. The van der Waals surface area contributed by atoms with Crippen molar-refractivity contribution < 1.29 is 5.21 Å². The molecule has 1 heterocycles. The van der Waals surface area contributed by atoms with Crippen LogP contribution in [0.3, 0.4) is 0 Å². The van der Waals surface area contributed by atoms with E-state index in [1.165, 1.54) is 12.8 Å². The molecule has 0 spiro atoms. The van der Waals surface area contributed by atoms with Crippen LogP contribution in [0.25, 0.3) is 0 Å². The summed E-state index contributed by atoms with van der Waals surface area (Å²) in [4.78, 5) is 2.43. The summed E-state index contributed by atoms with van der Waals surface area (Å²) < 4.78 is 0. The van der Waals surface area contributed by atoms with Crippen LogP contribution in [0.2, 0.25) is 0 Å². The number of rotatable bonds is 3. The minimum absolute atomic E-state index is 0.325. The van der Waals surface area contributed by atoms with Crippen LogP contribution in [0.15, 0.2) is 5.16 Å². The second-order valence-electron chi connectivity index (χ2n) is 5.38. The predicted molar refractivity (Wildman–Crippen MR) is 62.1 cm³/mol. The first-order valence-electron chi connectivity index (χ1n) is 5.65. The number of nitrogens with zero attached hydrogens (tertiary/aromatic N) is 2. The summed E-state index contributed by atoms with van der Waals surface area (Å²) >= 11 is 0. The Balaban J connectivity index is 2.49. The fraction of sp³-hybridized carbons (Fsp3) is 0.909. The van der Waals surface area contributed by atoms with Crippen molar-refractivity contribution >= 4 is 5.84 Å². The van der Waals surface area contributed by atoms with E-state index < -0.39 is 0 Å². The van der Waals surface area contributed by atoms with E-state index >= 15 is 0 Å². The zero-order valence-electron chi connectivity index (χ0n) is 10.0. The van der Waals surface area contributed by atoms with Crippen LogP contribution in [0.1, 0.15) is 40.0 Å². The van der Waals surface area contributed by atoms with Gasteiger partial charge in [-0.15, -0.1) is 0 Å². The van der Waals surface area contributed by atoms with E-state index in [0.29, 0.717) is 23.7 Å². The molecule has 0 aromatic rings. The highest BCUT2D eigenvalue weighted by Crippen LogP contribution is 2.29. The van der Waals surface area contributed by atoms with Crippen molar-refractivity contribution in [3.8, 4) is 0 Å². The smallest absolute Gasteiger partial charge is 0.140 e. The molecule has 1 aliphatic rings. The molecule has 3 N–H and O–H groups in total. The van der Waals surface area contributed by atoms with Gasteiger partial charge in [0, 0.05) is 19.0 Å². The molecule has 1 fully saturated rings. The molecule has 15 heavy (non-hydrogen) atoms. The number of piperidine rings is 1. The molecule has 0 amide bonds. The van der Waals surface area contributed by atoms with Gasteiger partial charge in [0.2, 0.25) is 0 Å². The van der Waals surface area contributed by atoms with Gasteiger partial charge in [-0.05, 0) is 31.7 Å². The molecular weight excluding hydrogens is 190 g/mol. The van der Waals surface area contributed by atoms with Gasteiger partial charge in [0.1, 0.15) is 5.84 Å². The molecule has 0 bridgehead atoms. The van der Waals surface area contributed by atoms with Gasteiger partial charge in [0.05, 0.1) is 0 Å². The molecule has 0 radical (unpaired) electrons. The van der Waals surface area contributed by atoms with Crippen molar-refractivity contribution in [1.29, 1.82) is 0 Å². The predicted octanol–water partition coefficient (Wildman–Crippen LogP) is 1.63. The monoisotopic (exact) mass is 213 g/mol. The molecule has 4 nitrogen and oxygen atoms in total. The molecule has 0 aliphatic carbocycles. The Morgan fingerprint density at radius 1 is 1.60 bits per heavy atom. The molecular formula is C11H23N3O. The second kappa shape index (κ2) is 4.84. The fourth-order valence-electron chi connectivity index (χ4n) is 2.32. The first-order chi connectivity index (χ1) is 6.94. The summed E-state index contributed by atoms with van der Waals surface area (Å²) in [6, 6.07) is 0.362. The molecule has 1 rings (SSSR count). The van der Waals surface area contributed by atoms with Crippen LogP contribution in [0.5, 0.6) is 0 Å². The first kappa shape index (κ1) is 12.3. The summed E-state index contributed by atoms with van der Waals surface area (Å²) in [5, 5.41) is 11.6. The van der Waals surface area contributed by atoms with E-state index in [1.807, 2.05) is 0 Å². The van der Waals surface area contributed by atoms with Gasteiger partial charge in [-0.1, -0.05) is 19.0 Å². The van der Waals surface area contributed by atoms with Crippen molar-refractivity contribution in [1.82, 2.24) is 4.90 Å². The van der Waals surface area contributed by atoms with E-state index in [4.69, 9.17) is 10.9 Å². The Hall–Kier alpha value is -0.770. The van der Waals surface area contributed by atoms with Gasteiger partial charge >= 0.3 is 0 Å². The Morgan fingerprint density at radius 3 is 2.80 bits per heavy atom. The maximum atomic E-state index is 8.53. The van der Waals surface area contributed by atoms with Gasteiger partial charge in [0.15, 0.2) is 0 Å². The summed E-state index contributed by atoms with van der Waals surface area (Å²) in [6.07, 6.45) is 3.18. The fourth-order valence-corrected chi connectivity index (χ4v) is 2.32. The molecule has 4 heteroatoms. The standard InChI is InChI=1S/C11H23N3O/c1-9(7-10(12)13-15)14-6-4-5-11(2,3)8-14/h9,15H,4-8H2,1-3H3,(H2,12,13). The van der Waals surface area contributed by atoms with E-state index in [1.54, 1.807) is 0 Å². The van der Waals surface area contributed by atoms with Crippen LogP contribution in [0.4, 0.5) is 0 Å². The number of oxime groups is 1. The van der Waals surface area contributed by atoms with Gasteiger partial charge < -0.3 is 10.9 Å². The lowest BCUT2D eigenvalue weighted by Gasteiger charge is -2.41. The first-order valence-corrected chi connectivity index (χ1v) is 5.65. The average molecular weight is 213 g/mol. The molecule has 1 saturated heterocycles. The van der Waals surface area contributed by atoms with E-state index in [-0.39, 0.29) is 0 Å². The highest BCUT2D eigenvalue weighted by molar-refractivity contribution is 5.80. The largest absolute Gasteiger partial charge is 0.409 e. The molecule has 0 aromatic heterocycles. The van der Waals surface area contributed by atoms with Crippen LogP contribution in [-0.4, -0.2) is 35.1 Å². The molecule has 1 unspecified atom stereocenters. The van der Waals surface area contributed by atoms with E-state index in [9.17, 15) is 0 Å². The minimum atomic E-state index is 0.325. The second-order valence-corrected chi connectivity index (χ2v) is 5.38. The Morgan fingerprint density at radius 2 is 2.27 bits per heavy atom. The average Bonchev–Trinajstić information content (AvgIpc) is 2.16. The molecule has 1 atom stereocenters. The van der Waals surface area contributed by atoms with Crippen molar-refractivity contribution in [2.45, 2.75) is 46.1 Å². The van der Waals surface area contributed by atoms with E-state index in [0.717, 1.165) is 13.1 Å². The Labute approximate surface area is 92.1 Å². The summed E-state index contributed by atoms with van der Waals surface area (Å²) in [5.41, 5.74) is 5.92. The third kappa shape index (κ3) is 3.70. The maximum absolute atomic E-state index is 8.53. The minimum Gasteiger partial charge on any atom is -0.409 e. The summed E-state index contributed by atoms with van der Waals surface area (Å²) in [6.45, 7) is 8.97. The lowest BCUT2D eigenvalue weighted by Crippen LogP contribution is -2.46. The zero-order valence-corrected chi connectivity index (χ0v) is 10.0. The third-order valence-electron chi connectivity index (χ3n) is 3.19. The van der Waals surface area contributed by atoms with Crippen molar-refractivity contribution in [3.63, 3.8) is 0 Å². The van der Waals surface area contributed by atoms with Crippen molar-refractivity contribution in [3.05, 3.63) is 0 Å². The molecule has 88 valence electrons. The third-order valence-corrected chi connectivity index (χ3v) is 3.19. The van der Waals surface area contributed by atoms with Crippen LogP contribution >= 0.6 is 0 Å². The van der Waals surface area contributed by atoms with Crippen molar-refractivity contribution in [2.24, 2.45) is 16.3 Å². The lowest BCUT2D eigenvalue weighted by atomic mass is 9.83. The lowest BCUT2D eigenvalue weighted by molar-refractivity contribution is 0.0867. The molecule has 0 saturated carbocycles. The van der Waals surface area contributed by atoms with Gasteiger partial charge in [-0.25, -0.2) is 0 Å². The topological polar surface area (TPSA) is 61.9 Å². The highest BCUT2D eigenvalue weighted by Gasteiger charge is 2.28. The number of hydrogen-bond donors (Lipinski definition) is 2. The molecule has 1 aliphatic heterocycles. The zero-order chi connectivity index (χ0) is 11.5. The summed E-state index contributed by atoms with van der Waals surface area (Å²) in [7, 11) is 0. The van der Waals surface area contributed by atoms with E-state index in [2.05, 4.69) is 30.8 Å². The quantitative estimate of drug-likeness (QED) is 0.324. The van der Waals surface area contributed by atoms with Crippen LogP contribution in [-0.2, 0) is 0 Å². The maximum Gasteiger partial charge on any atom is 0.140 e. The molecule has 0 aromatic carbocycles. The van der Waals surface area contributed by atoms with Gasteiger partial charge in [-0.3, -0.25) is 4.90 Å². The number of hydrogen-bond acceptors (Lipinski definition) is 3.